The van der Waals surface area contributed by atoms with E-state index in [1.165, 1.54) is 0 Å². The van der Waals surface area contributed by atoms with Gasteiger partial charge in [-0.05, 0) is 33.8 Å². The van der Waals surface area contributed by atoms with Crippen LogP contribution in [0, 0.1) is 6.92 Å². The lowest BCUT2D eigenvalue weighted by atomic mass is 10.1. The summed E-state index contributed by atoms with van der Waals surface area (Å²) in [7, 11) is 0. The van der Waals surface area contributed by atoms with E-state index < -0.39 is 5.60 Å². The van der Waals surface area contributed by atoms with E-state index in [0.29, 0.717) is 18.8 Å². The molecule has 0 spiro atoms. The van der Waals surface area contributed by atoms with Gasteiger partial charge in [-0.3, -0.25) is 4.79 Å². The van der Waals surface area contributed by atoms with Gasteiger partial charge in [0.25, 0.3) is 5.91 Å². The van der Waals surface area contributed by atoms with Crippen LogP contribution >= 0.6 is 0 Å². The molecule has 0 aliphatic rings. The molecule has 1 aromatic rings. The Morgan fingerprint density at radius 1 is 1.44 bits per heavy atom. The van der Waals surface area contributed by atoms with Crippen LogP contribution < -0.4 is 0 Å². The molecule has 0 saturated carbocycles. The smallest absolute Gasteiger partial charge is 0.289 e. The van der Waals surface area contributed by atoms with E-state index in [2.05, 4.69) is 0 Å². The average Bonchev–Trinajstić information content (AvgIpc) is 2.65. The van der Waals surface area contributed by atoms with Gasteiger partial charge in [-0.15, -0.1) is 0 Å². The Balaban J connectivity index is 2.93. The van der Waals surface area contributed by atoms with E-state index in [1.807, 2.05) is 26.8 Å². The van der Waals surface area contributed by atoms with Crippen LogP contribution in [-0.4, -0.2) is 34.6 Å². The number of carbonyl (C=O) groups is 1. The summed E-state index contributed by atoms with van der Waals surface area (Å²) in [5, 5.41) is 9.81. The molecule has 0 unspecified atom stereocenters. The predicted octanol–water partition coefficient (Wildman–Crippen LogP) is 2.38. The fraction of sp³-hybridized carbons (Fsp3) is 0.643. The molecule has 1 aromatic heterocycles. The maximum Gasteiger partial charge on any atom is 0.289 e. The van der Waals surface area contributed by atoms with Gasteiger partial charge in [-0.25, -0.2) is 0 Å². The second-order valence-electron chi connectivity index (χ2n) is 5.21. The summed E-state index contributed by atoms with van der Waals surface area (Å²) < 4.78 is 5.55. The molecular formula is C14H23NO3. The predicted molar refractivity (Wildman–Crippen MR) is 70.7 cm³/mol. The summed E-state index contributed by atoms with van der Waals surface area (Å²) in [4.78, 5) is 13.9. The third-order valence-electron chi connectivity index (χ3n) is 2.76. The quantitative estimate of drug-likeness (QED) is 0.876. The minimum atomic E-state index is -0.903. The molecule has 1 rings (SSSR count). The van der Waals surface area contributed by atoms with Gasteiger partial charge in [-0.1, -0.05) is 6.92 Å². The Bertz CT molecular complexity index is 415. The molecule has 0 aromatic carbocycles. The number of carbonyl (C=O) groups excluding carboxylic acids is 1. The average molecular weight is 253 g/mol. The number of likely N-dealkylation sites (N-methyl/N-ethyl adjacent to an activating group) is 1. The standard InChI is InChI=1S/C14H23NO3/c1-6-11-8-10(3)12(18-11)13(16)15(7-2)9-14(4,5)17/h8,17H,6-7,9H2,1-5H3. The number of nitrogens with zero attached hydrogens (tertiary/aromatic N) is 1. The fourth-order valence-electron chi connectivity index (χ4n) is 1.87. The molecule has 4 heteroatoms. The van der Waals surface area contributed by atoms with Crippen molar-refractivity contribution in [1.82, 2.24) is 4.90 Å². The number of furan rings is 1. The van der Waals surface area contributed by atoms with Crippen LogP contribution in [0.5, 0.6) is 0 Å². The molecule has 0 bridgehead atoms. The molecule has 0 aliphatic carbocycles. The molecule has 1 amide bonds. The van der Waals surface area contributed by atoms with Crippen LogP contribution in [0.3, 0.4) is 0 Å². The van der Waals surface area contributed by atoms with Gasteiger partial charge >= 0.3 is 0 Å². The van der Waals surface area contributed by atoms with Crippen molar-refractivity contribution < 1.29 is 14.3 Å². The van der Waals surface area contributed by atoms with Gasteiger partial charge in [-0.2, -0.15) is 0 Å². The van der Waals surface area contributed by atoms with E-state index in [4.69, 9.17) is 4.42 Å². The lowest BCUT2D eigenvalue weighted by molar-refractivity contribution is 0.0297. The summed E-state index contributed by atoms with van der Waals surface area (Å²) >= 11 is 0. The highest BCUT2D eigenvalue weighted by Gasteiger charge is 2.25. The van der Waals surface area contributed by atoms with Crippen LogP contribution in [0.15, 0.2) is 10.5 Å². The second kappa shape index (κ2) is 5.57. The summed E-state index contributed by atoms with van der Waals surface area (Å²) in [6, 6.07) is 1.89. The maximum atomic E-state index is 12.3. The first-order chi connectivity index (χ1) is 8.28. The van der Waals surface area contributed by atoms with Crippen molar-refractivity contribution in [3.63, 3.8) is 0 Å². The van der Waals surface area contributed by atoms with Crippen molar-refractivity contribution in [3.05, 3.63) is 23.2 Å². The minimum Gasteiger partial charge on any atom is -0.456 e. The van der Waals surface area contributed by atoms with E-state index >= 15 is 0 Å². The lowest BCUT2D eigenvalue weighted by Gasteiger charge is -2.27. The fourth-order valence-corrected chi connectivity index (χ4v) is 1.87. The van der Waals surface area contributed by atoms with Crippen molar-refractivity contribution in [3.8, 4) is 0 Å². The molecule has 102 valence electrons. The maximum absolute atomic E-state index is 12.3. The highest BCUT2D eigenvalue weighted by atomic mass is 16.4. The Morgan fingerprint density at radius 2 is 2.06 bits per heavy atom. The minimum absolute atomic E-state index is 0.156. The van der Waals surface area contributed by atoms with Crippen LogP contribution in [0.2, 0.25) is 0 Å². The number of hydrogen-bond acceptors (Lipinski definition) is 3. The Kier molecular flexibility index (Phi) is 4.57. The van der Waals surface area contributed by atoms with Crippen molar-refractivity contribution >= 4 is 5.91 Å². The first-order valence-corrected chi connectivity index (χ1v) is 6.39. The molecule has 1 N–H and O–H groups in total. The molecule has 0 saturated heterocycles. The molecule has 0 aliphatic heterocycles. The Labute approximate surface area is 109 Å². The van der Waals surface area contributed by atoms with Gasteiger partial charge in [0.2, 0.25) is 0 Å². The van der Waals surface area contributed by atoms with Crippen LogP contribution in [0.4, 0.5) is 0 Å². The van der Waals surface area contributed by atoms with E-state index in [1.54, 1.807) is 18.7 Å². The van der Waals surface area contributed by atoms with Crippen LogP contribution in [-0.2, 0) is 6.42 Å². The highest BCUT2D eigenvalue weighted by molar-refractivity contribution is 5.93. The summed E-state index contributed by atoms with van der Waals surface area (Å²) in [6.07, 6.45) is 0.770. The molecule has 4 nitrogen and oxygen atoms in total. The molecule has 0 fully saturated rings. The van der Waals surface area contributed by atoms with Crippen LogP contribution in [0.25, 0.3) is 0 Å². The van der Waals surface area contributed by atoms with Gasteiger partial charge in [0.15, 0.2) is 5.76 Å². The molecule has 0 atom stereocenters. The number of aliphatic hydroxyl groups is 1. The number of aryl methyl sites for hydroxylation is 2. The Morgan fingerprint density at radius 3 is 2.44 bits per heavy atom. The van der Waals surface area contributed by atoms with Gasteiger partial charge in [0.1, 0.15) is 5.76 Å². The van der Waals surface area contributed by atoms with Crippen molar-refractivity contribution in [2.24, 2.45) is 0 Å². The van der Waals surface area contributed by atoms with Crippen LogP contribution in [0.1, 0.15) is 49.6 Å². The van der Waals surface area contributed by atoms with Crippen molar-refractivity contribution in [2.45, 2.75) is 46.6 Å². The second-order valence-corrected chi connectivity index (χ2v) is 5.21. The zero-order chi connectivity index (χ0) is 13.9. The Hall–Kier alpha value is -1.29. The zero-order valence-corrected chi connectivity index (χ0v) is 11.9. The molecule has 0 radical (unpaired) electrons. The van der Waals surface area contributed by atoms with Gasteiger partial charge in [0.05, 0.1) is 5.60 Å². The van der Waals surface area contributed by atoms with E-state index in [0.717, 1.165) is 17.7 Å². The number of hydrogen-bond donors (Lipinski definition) is 1. The molecule has 18 heavy (non-hydrogen) atoms. The first kappa shape index (κ1) is 14.8. The third-order valence-corrected chi connectivity index (χ3v) is 2.76. The third kappa shape index (κ3) is 3.60. The number of rotatable bonds is 5. The molecular weight excluding hydrogens is 230 g/mol. The van der Waals surface area contributed by atoms with E-state index in [-0.39, 0.29) is 5.91 Å². The normalized spacial score (nSPS) is 11.7. The molecule has 1 heterocycles. The summed E-state index contributed by atoms with van der Waals surface area (Å²) in [5.74, 6) is 1.05. The summed E-state index contributed by atoms with van der Waals surface area (Å²) in [5.41, 5.74) is -0.0502. The van der Waals surface area contributed by atoms with E-state index in [9.17, 15) is 9.90 Å². The van der Waals surface area contributed by atoms with Crippen molar-refractivity contribution in [2.75, 3.05) is 13.1 Å². The van der Waals surface area contributed by atoms with Gasteiger partial charge < -0.3 is 14.4 Å². The van der Waals surface area contributed by atoms with Crippen molar-refractivity contribution in [1.29, 1.82) is 0 Å². The lowest BCUT2D eigenvalue weighted by Crippen LogP contribution is -2.42. The van der Waals surface area contributed by atoms with Gasteiger partial charge in [0, 0.05) is 25.1 Å². The largest absolute Gasteiger partial charge is 0.456 e. The summed E-state index contributed by atoms with van der Waals surface area (Å²) in [6.45, 7) is 9.97. The monoisotopic (exact) mass is 253 g/mol. The highest BCUT2D eigenvalue weighted by Crippen LogP contribution is 2.18. The SMILES string of the molecule is CCc1cc(C)c(C(=O)N(CC)CC(C)(C)O)o1. The topological polar surface area (TPSA) is 53.7 Å². The first-order valence-electron chi connectivity index (χ1n) is 6.39. The number of amides is 1. The zero-order valence-electron chi connectivity index (χ0n) is 11.9.